The maximum atomic E-state index is 12.4. The Hall–Kier alpha value is -2.21. The quantitative estimate of drug-likeness (QED) is 0.912. The van der Waals surface area contributed by atoms with Crippen molar-refractivity contribution in [3.05, 3.63) is 47.0 Å². The van der Waals surface area contributed by atoms with Crippen LogP contribution in [0, 0.1) is 18.8 Å². The molecule has 1 saturated carbocycles. The highest BCUT2D eigenvalue weighted by molar-refractivity contribution is 5.91. The van der Waals surface area contributed by atoms with E-state index in [-0.39, 0.29) is 5.91 Å². The van der Waals surface area contributed by atoms with Crippen molar-refractivity contribution in [1.29, 1.82) is 0 Å². The number of carbonyl (C=O) groups is 1. The summed E-state index contributed by atoms with van der Waals surface area (Å²) in [5.74, 6) is 2.62. The number of hydrogen-bond acceptors (Lipinski definition) is 4. The Balaban J connectivity index is 1.28. The Kier molecular flexibility index (Phi) is 3.81. The highest BCUT2D eigenvalue weighted by atomic mass is 16.2. The van der Waals surface area contributed by atoms with Crippen molar-refractivity contribution < 1.29 is 4.79 Å². The van der Waals surface area contributed by atoms with Crippen molar-refractivity contribution in [3.63, 3.8) is 0 Å². The number of benzene rings is 1. The Bertz CT molecular complexity index is 840. The summed E-state index contributed by atoms with van der Waals surface area (Å²) in [6, 6.07) is 9.12. The van der Waals surface area contributed by atoms with Crippen LogP contribution in [-0.2, 0) is 19.5 Å². The summed E-state index contributed by atoms with van der Waals surface area (Å²) >= 11 is 0. The number of carbonyl (C=O) groups excluding carboxylic acids is 1. The number of aromatic nitrogens is 3. The lowest BCUT2D eigenvalue weighted by Gasteiger charge is -2.25. The summed E-state index contributed by atoms with van der Waals surface area (Å²) in [5, 5.41) is 11.5. The van der Waals surface area contributed by atoms with Crippen molar-refractivity contribution in [2.45, 2.75) is 45.3 Å². The van der Waals surface area contributed by atoms with E-state index in [1.165, 1.54) is 11.1 Å². The molecule has 1 aromatic carbocycles. The van der Waals surface area contributed by atoms with Gasteiger partial charge in [-0.25, -0.2) is 0 Å². The zero-order chi connectivity index (χ0) is 17.7. The van der Waals surface area contributed by atoms with E-state index in [0.29, 0.717) is 23.7 Å². The second kappa shape index (κ2) is 6.20. The van der Waals surface area contributed by atoms with Gasteiger partial charge < -0.3 is 9.88 Å². The van der Waals surface area contributed by atoms with Crippen molar-refractivity contribution >= 4 is 5.91 Å². The number of rotatable bonds is 4. The normalized spacial score (nSPS) is 25.0. The van der Waals surface area contributed by atoms with Gasteiger partial charge in [-0.15, -0.1) is 10.2 Å². The third-order valence-electron chi connectivity index (χ3n) is 5.95. The molecule has 3 heterocycles. The Morgan fingerprint density at radius 2 is 2.04 bits per heavy atom. The van der Waals surface area contributed by atoms with Gasteiger partial charge in [0.1, 0.15) is 5.82 Å². The third kappa shape index (κ3) is 3.03. The van der Waals surface area contributed by atoms with Crippen LogP contribution in [0.25, 0.3) is 0 Å². The second-order valence-electron chi connectivity index (χ2n) is 8.21. The molecule has 0 radical (unpaired) electrons. The number of hydrogen-bond donors (Lipinski definition) is 1. The van der Waals surface area contributed by atoms with Gasteiger partial charge in [0.05, 0.1) is 0 Å². The molecular formula is C20H25N5O. The number of likely N-dealkylation sites (tertiary alicyclic amines) is 1. The van der Waals surface area contributed by atoms with Gasteiger partial charge in [-0.05, 0) is 37.2 Å². The van der Waals surface area contributed by atoms with Crippen molar-refractivity contribution in [2.24, 2.45) is 11.8 Å². The molecule has 6 heteroatoms. The van der Waals surface area contributed by atoms with Crippen molar-refractivity contribution in [2.75, 3.05) is 13.1 Å². The summed E-state index contributed by atoms with van der Waals surface area (Å²) in [5.41, 5.74) is 2.70. The molecule has 1 amide bonds. The molecule has 26 heavy (non-hydrogen) atoms. The zero-order valence-electron chi connectivity index (χ0n) is 15.2. The topological polar surface area (TPSA) is 63.1 Å². The SMILES string of the molecule is Cc1cccc(CN2C[C@H]3Cc4nnc(C(=O)NC5CC5)n4C[C@@H]3C2)c1. The maximum absolute atomic E-state index is 12.4. The first-order chi connectivity index (χ1) is 12.7. The summed E-state index contributed by atoms with van der Waals surface area (Å²) in [6.45, 7) is 6.21. The van der Waals surface area contributed by atoms with E-state index in [2.05, 4.69) is 56.2 Å². The van der Waals surface area contributed by atoms with Gasteiger partial charge in [0.15, 0.2) is 0 Å². The Morgan fingerprint density at radius 3 is 2.85 bits per heavy atom. The molecule has 1 aliphatic carbocycles. The van der Waals surface area contributed by atoms with Crippen molar-refractivity contribution in [1.82, 2.24) is 25.0 Å². The first-order valence-electron chi connectivity index (χ1n) is 9.66. The molecule has 0 spiro atoms. The van der Waals surface area contributed by atoms with Gasteiger partial charge >= 0.3 is 0 Å². The molecule has 2 aromatic rings. The number of nitrogens with zero attached hydrogens (tertiary/aromatic N) is 4. The van der Waals surface area contributed by atoms with Gasteiger partial charge in [0.2, 0.25) is 5.82 Å². The van der Waals surface area contributed by atoms with E-state index in [0.717, 1.165) is 51.3 Å². The summed E-state index contributed by atoms with van der Waals surface area (Å²) < 4.78 is 2.06. The van der Waals surface area contributed by atoms with E-state index < -0.39 is 0 Å². The summed E-state index contributed by atoms with van der Waals surface area (Å²) in [6.07, 6.45) is 3.11. The van der Waals surface area contributed by atoms with Gasteiger partial charge in [0, 0.05) is 38.6 Å². The minimum absolute atomic E-state index is 0.0562. The average molecular weight is 351 g/mol. The minimum Gasteiger partial charge on any atom is -0.347 e. The number of fused-ring (bicyclic) bond motifs is 2. The lowest BCUT2D eigenvalue weighted by molar-refractivity contribution is 0.0932. The van der Waals surface area contributed by atoms with E-state index in [9.17, 15) is 4.79 Å². The Morgan fingerprint density at radius 1 is 1.19 bits per heavy atom. The zero-order valence-corrected chi connectivity index (χ0v) is 15.2. The van der Waals surface area contributed by atoms with Crippen LogP contribution in [0.15, 0.2) is 24.3 Å². The molecular weight excluding hydrogens is 326 g/mol. The average Bonchev–Trinajstić information content (AvgIpc) is 3.19. The standard InChI is InChI=1S/C20H25N5O/c1-13-3-2-4-14(7-13)9-24-10-15-8-18-22-23-19(20(26)21-17-5-6-17)25(18)12-16(15)11-24/h2-4,7,15-17H,5-6,8-12H2,1H3,(H,21,26)/t15-,16+/m1/s1. The number of aryl methyl sites for hydroxylation is 1. The molecule has 5 rings (SSSR count). The lowest BCUT2D eigenvalue weighted by atomic mass is 9.89. The molecule has 1 N–H and O–H groups in total. The predicted octanol–water partition coefficient (Wildman–Crippen LogP) is 1.78. The fraction of sp³-hybridized carbons (Fsp3) is 0.550. The summed E-state index contributed by atoms with van der Waals surface area (Å²) in [7, 11) is 0. The van der Waals surface area contributed by atoms with Crippen LogP contribution in [0.1, 0.15) is 40.4 Å². The fourth-order valence-electron chi connectivity index (χ4n) is 4.46. The fourth-order valence-corrected chi connectivity index (χ4v) is 4.46. The van der Waals surface area contributed by atoms with Gasteiger partial charge in [-0.2, -0.15) is 0 Å². The van der Waals surface area contributed by atoms with Gasteiger partial charge in [0.25, 0.3) is 5.91 Å². The Labute approximate surface area is 153 Å². The molecule has 0 unspecified atom stereocenters. The molecule has 2 fully saturated rings. The third-order valence-corrected chi connectivity index (χ3v) is 5.95. The molecule has 2 aliphatic heterocycles. The number of nitrogens with one attached hydrogen (secondary N) is 1. The monoisotopic (exact) mass is 351 g/mol. The van der Waals surface area contributed by atoms with Crippen LogP contribution in [0.4, 0.5) is 0 Å². The van der Waals surface area contributed by atoms with E-state index >= 15 is 0 Å². The summed E-state index contributed by atoms with van der Waals surface area (Å²) in [4.78, 5) is 15.0. The molecule has 136 valence electrons. The lowest BCUT2D eigenvalue weighted by Crippen LogP contribution is -2.33. The van der Waals surface area contributed by atoms with Crippen LogP contribution in [0.3, 0.4) is 0 Å². The van der Waals surface area contributed by atoms with Crippen LogP contribution < -0.4 is 5.32 Å². The van der Waals surface area contributed by atoms with Crippen molar-refractivity contribution in [3.8, 4) is 0 Å². The van der Waals surface area contributed by atoms with Gasteiger partial charge in [-0.1, -0.05) is 29.8 Å². The maximum Gasteiger partial charge on any atom is 0.289 e. The molecule has 1 aromatic heterocycles. The van der Waals surface area contributed by atoms with E-state index in [4.69, 9.17) is 0 Å². The van der Waals surface area contributed by atoms with E-state index in [1.54, 1.807) is 0 Å². The highest BCUT2D eigenvalue weighted by Crippen LogP contribution is 2.33. The molecule has 2 atom stereocenters. The smallest absolute Gasteiger partial charge is 0.289 e. The predicted molar refractivity (Wildman–Crippen MR) is 97.7 cm³/mol. The molecule has 3 aliphatic rings. The number of amides is 1. The van der Waals surface area contributed by atoms with Crippen LogP contribution in [-0.4, -0.2) is 44.7 Å². The molecule has 6 nitrogen and oxygen atoms in total. The first kappa shape index (κ1) is 16.0. The molecule has 0 bridgehead atoms. The minimum atomic E-state index is -0.0562. The first-order valence-corrected chi connectivity index (χ1v) is 9.66. The van der Waals surface area contributed by atoms with Gasteiger partial charge in [-0.3, -0.25) is 9.69 Å². The van der Waals surface area contributed by atoms with Crippen LogP contribution >= 0.6 is 0 Å². The second-order valence-corrected chi connectivity index (χ2v) is 8.21. The molecule has 1 saturated heterocycles. The van der Waals surface area contributed by atoms with Crippen LogP contribution in [0.5, 0.6) is 0 Å². The van der Waals surface area contributed by atoms with Crippen LogP contribution in [0.2, 0.25) is 0 Å². The van der Waals surface area contributed by atoms with E-state index in [1.807, 2.05) is 0 Å². The highest BCUT2D eigenvalue weighted by Gasteiger charge is 2.39. The largest absolute Gasteiger partial charge is 0.347 e.